The molecule has 2 nitrogen and oxygen atoms in total. The summed E-state index contributed by atoms with van der Waals surface area (Å²) in [6, 6.07) is 4.48. The van der Waals surface area contributed by atoms with Crippen LogP contribution in [-0.2, 0) is 16.0 Å². The van der Waals surface area contributed by atoms with Gasteiger partial charge in [-0.3, -0.25) is 4.79 Å². The molecule has 92 valence electrons. The molecule has 1 aromatic carbocycles. The minimum atomic E-state index is -0.405. The number of benzene rings is 1. The van der Waals surface area contributed by atoms with E-state index in [0.717, 1.165) is 12.8 Å². The van der Waals surface area contributed by atoms with E-state index in [-0.39, 0.29) is 18.1 Å². The number of ether oxygens (including phenoxy) is 1. The third-order valence-electron chi connectivity index (χ3n) is 3.09. The fraction of sp³-hybridized carbons (Fsp3) is 0.462. The highest BCUT2D eigenvalue weighted by Crippen LogP contribution is 2.23. The Labute approximate surface area is 105 Å². The van der Waals surface area contributed by atoms with Gasteiger partial charge in [-0.15, -0.1) is 0 Å². The Morgan fingerprint density at radius 3 is 2.76 bits per heavy atom. The average Bonchev–Trinajstić information content (AvgIpc) is 2.35. The Kier molecular flexibility index (Phi) is 4.13. The van der Waals surface area contributed by atoms with Crippen molar-refractivity contribution in [1.82, 2.24) is 0 Å². The van der Waals surface area contributed by atoms with Crippen molar-refractivity contribution < 1.29 is 13.9 Å². The predicted octanol–water partition coefficient (Wildman–Crippen LogP) is 3.02. The molecule has 1 fully saturated rings. The Bertz CT molecular complexity index is 394. The zero-order chi connectivity index (χ0) is 12.3. The van der Waals surface area contributed by atoms with Crippen molar-refractivity contribution in [3.05, 3.63) is 34.6 Å². The first-order chi connectivity index (χ1) is 8.18. The Morgan fingerprint density at radius 2 is 2.12 bits per heavy atom. The van der Waals surface area contributed by atoms with Crippen LogP contribution in [0.4, 0.5) is 4.39 Å². The van der Waals surface area contributed by atoms with Crippen LogP contribution >= 0.6 is 11.6 Å². The van der Waals surface area contributed by atoms with Crippen LogP contribution in [0.3, 0.4) is 0 Å². The fourth-order valence-electron chi connectivity index (χ4n) is 2.04. The molecule has 1 aromatic rings. The van der Waals surface area contributed by atoms with Crippen molar-refractivity contribution in [2.45, 2.75) is 19.3 Å². The van der Waals surface area contributed by atoms with Gasteiger partial charge in [0, 0.05) is 36.1 Å². The number of Topliss-reactive ketones (excluding diaryl/α,β-unsaturated/α-hetero) is 1. The largest absolute Gasteiger partial charge is 0.381 e. The second-order valence-corrected chi connectivity index (χ2v) is 4.64. The summed E-state index contributed by atoms with van der Waals surface area (Å²) in [7, 11) is 0. The van der Waals surface area contributed by atoms with Gasteiger partial charge >= 0.3 is 0 Å². The summed E-state index contributed by atoms with van der Waals surface area (Å²) in [6.07, 6.45) is 1.53. The standard InChI is InChI=1S/C13H14ClFO2/c14-11-2-1-3-12(15)10(11)8-13(16)9-4-6-17-7-5-9/h1-3,9H,4-8H2. The van der Waals surface area contributed by atoms with Crippen molar-refractivity contribution in [2.75, 3.05) is 13.2 Å². The molecule has 1 aliphatic rings. The predicted molar refractivity (Wildman–Crippen MR) is 63.7 cm³/mol. The highest BCUT2D eigenvalue weighted by molar-refractivity contribution is 6.31. The maximum Gasteiger partial charge on any atom is 0.140 e. The monoisotopic (exact) mass is 256 g/mol. The average molecular weight is 257 g/mol. The molecule has 0 atom stereocenters. The van der Waals surface area contributed by atoms with Crippen LogP contribution in [0.1, 0.15) is 18.4 Å². The summed E-state index contributed by atoms with van der Waals surface area (Å²) in [4.78, 5) is 12.0. The van der Waals surface area contributed by atoms with Crippen LogP contribution in [-0.4, -0.2) is 19.0 Å². The molecule has 0 radical (unpaired) electrons. The summed E-state index contributed by atoms with van der Waals surface area (Å²) < 4.78 is 18.7. The molecule has 1 heterocycles. The number of halogens is 2. The SMILES string of the molecule is O=C(Cc1c(F)cccc1Cl)C1CCOCC1. The highest BCUT2D eigenvalue weighted by atomic mass is 35.5. The van der Waals surface area contributed by atoms with Gasteiger partial charge in [0.05, 0.1) is 0 Å². The molecule has 0 saturated carbocycles. The van der Waals surface area contributed by atoms with E-state index < -0.39 is 5.82 Å². The number of carbonyl (C=O) groups excluding carboxylic acids is 1. The lowest BCUT2D eigenvalue weighted by atomic mass is 9.91. The Morgan fingerprint density at radius 1 is 1.41 bits per heavy atom. The van der Waals surface area contributed by atoms with Gasteiger partial charge in [0.1, 0.15) is 11.6 Å². The summed E-state index contributed by atoms with van der Waals surface area (Å²) in [5.74, 6) is -0.363. The second-order valence-electron chi connectivity index (χ2n) is 4.23. The second kappa shape index (κ2) is 5.61. The topological polar surface area (TPSA) is 26.3 Å². The van der Waals surface area contributed by atoms with Crippen molar-refractivity contribution in [1.29, 1.82) is 0 Å². The number of ketones is 1. The van der Waals surface area contributed by atoms with Gasteiger partial charge in [0.15, 0.2) is 0 Å². The molecule has 0 aromatic heterocycles. The molecule has 0 spiro atoms. The van der Waals surface area contributed by atoms with E-state index in [2.05, 4.69) is 0 Å². The molecule has 0 N–H and O–H groups in total. The molecule has 1 aliphatic heterocycles. The zero-order valence-corrected chi connectivity index (χ0v) is 10.2. The molecular weight excluding hydrogens is 243 g/mol. The van der Waals surface area contributed by atoms with Crippen molar-refractivity contribution >= 4 is 17.4 Å². The first-order valence-corrected chi connectivity index (χ1v) is 6.09. The molecule has 2 rings (SSSR count). The van der Waals surface area contributed by atoms with Gasteiger partial charge in [-0.1, -0.05) is 17.7 Å². The van der Waals surface area contributed by atoms with Crippen LogP contribution in [0.2, 0.25) is 5.02 Å². The Hall–Kier alpha value is -0.930. The van der Waals surface area contributed by atoms with E-state index in [1.807, 2.05) is 0 Å². The molecule has 0 aliphatic carbocycles. The van der Waals surface area contributed by atoms with Crippen molar-refractivity contribution in [2.24, 2.45) is 5.92 Å². The minimum absolute atomic E-state index is 0.0144. The lowest BCUT2D eigenvalue weighted by molar-refractivity contribution is -0.125. The van der Waals surface area contributed by atoms with E-state index >= 15 is 0 Å². The van der Waals surface area contributed by atoms with Crippen molar-refractivity contribution in [3.63, 3.8) is 0 Å². The van der Waals surface area contributed by atoms with Crippen LogP contribution in [0.5, 0.6) is 0 Å². The van der Waals surface area contributed by atoms with Crippen LogP contribution < -0.4 is 0 Å². The van der Waals surface area contributed by atoms with E-state index in [1.165, 1.54) is 6.07 Å². The quantitative estimate of drug-likeness (QED) is 0.831. The zero-order valence-electron chi connectivity index (χ0n) is 9.42. The molecule has 0 unspecified atom stereocenters. The number of rotatable bonds is 3. The minimum Gasteiger partial charge on any atom is -0.381 e. The van der Waals surface area contributed by atoms with Crippen LogP contribution in [0.15, 0.2) is 18.2 Å². The van der Waals surface area contributed by atoms with E-state index in [4.69, 9.17) is 16.3 Å². The highest BCUT2D eigenvalue weighted by Gasteiger charge is 2.23. The smallest absolute Gasteiger partial charge is 0.140 e. The first-order valence-electron chi connectivity index (χ1n) is 5.72. The van der Waals surface area contributed by atoms with Crippen LogP contribution in [0.25, 0.3) is 0 Å². The maximum atomic E-state index is 13.5. The number of carbonyl (C=O) groups is 1. The lowest BCUT2D eigenvalue weighted by Crippen LogP contribution is -2.25. The van der Waals surface area contributed by atoms with Gasteiger partial charge in [-0.2, -0.15) is 0 Å². The number of hydrogen-bond donors (Lipinski definition) is 0. The van der Waals surface area contributed by atoms with Gasteiger partial charge in [-0.25, -0.2) is 4.39 Å². The fourth-order valence-corrected chi connectivity index (χ4v) is 2.27. The lowest BCUT2D eigenvalue weighted by Gasteiger charge is -2.21. The molecule has 17 heavy (non-hydrogen) atoms. The third kappa shape index (κ3) is 3.05. The summed E-state index contributed by atoms with van der Waals surface area (Å²) in [6.45, 7) is 1.23. The third-order valence-corrected chi connectivity index (χ3v) is 3.44. The van der Waals surface area contributed by atoms with Gasteiger partial charge in [0.25, 0.3) is 0 Å². The molecular formula is C13H14ClFO2. The van der Waals surface area contributed by atoms with E-state index in [1.54, 1.807) is 12.1 Å². The molecule has 4 heteroatoms. The summed E-state index contributed by atoms with van der Waals surface area (Å²) in [5.41, 5.74) is 0.311. The van der Waals surface area contributed by atoms with Gasteiger partial charge < -0.3 is 4.74 Å². The van der Waals surface area contributed by atoms with Gasteiger partial charge in [0.2, 0.25) is 0 Å². The van der Waals surface area contributed by atoms with E-state index in [9.17, 15) is 9.18 Å². The summed E-state index contributed by atoms with van der Waals surface area (Å²) >= 11 is 5.90. The van der Waals surface area contributed by atoms with E-state index in [0.29, 0.717) is 23.8 Å². The number of hydrogen-bond acceptors (Lipinski definition) is 2. The van der Waals surface area contributed by atoms with Crippen LogP contribution in [0, 0.1) is 11.7 Å². The van der Waals surface area contributed by atoms with Gasteiger partial charge in [-0.05, 0) is 25.0 Å². The molecule has 0 amide bonds. The first kappa shape index (κ1) is 12.5. The normalized spacial score (nSPS) is 17.1. The summed E-state index contributed by atoms with van der Waals surface area (Å²) in [5, 5.41) is 0.324. The molecule has 0 bridgehead atoms. The Balaban J connectivity index is 2.07. The van der Waals surface area contributed by atoms with Crippen molar-refractivity contribution in [3.8, 4) is 0 Å². The molecule has 1 saturated heterocycles. The maximum absolute atomic E-state index is 13.5.